The molecule has 4 nitrogen and oxygen atoms in total. The Hall–Kier alpha value is -0.910. The van der Waals surface area contributed by atoms with Crippen LogP contribution in [0.25, 0.3) is 0 Å². The van der Waals surface area contributed by atoms with E-state index in [0.717, 1.165) is 24.0 Å². The maximum absolute atomic E-state index is 12.2. The summed E-state index contributed by atoms with van der Waals surface area (Å²) in [6, 6.07) is 5.56. The van der Waals surface area contributed by atoms with Gasteiger partial charge in [0.15, 0.2) is 0 Å². The van der Waals surface area contributed by atoms with Gasteiger partial charge in [0.25, 0.3) is 0 Å². The summed E-state index contributed by atoms with van der Waals surface area (Å²) in [5, 5.41) is 3.03. The number of benzene rings is 1. The number of rotatable bonds is 6. The fraction of sp³-hybridized carbons (Fsp3) is 0.538. The normalized spacial score (nSPS) is 15.9. The van der Waals surface area contributed by atoms with Gasteiger partial charge in [-0.05, 0) is 49.9 Å². The van der Waals surface area contributed by atoms with E-state index >= 15 is 0 Å². The summed E-state index contributed by atoms with van der Waals surface area (Å²) in [6.45, 7) is 3.07. The molecule has 0 atom stereocenters. The van der Waals surface area contributed by atoms with Gasteiger partial charge in [-0.1, -0.05) is 12.1 Å². The molecule has 0 heterocycles. The van der Waals surface area contributed by atoms with Crippen molar-refractivity contribution in [1.82, 2.24) is 10.0 Å². The van der Waals surface area contributed by atoms with Crippen molar-refractivity contribution in [2.45, 2.75) is 31.2 Å². The molecule has 0 amide bonds. The molecule has 1 aromatic carbocycles. The maximum Gasteiger partial charge on any atom is 0.240 e. The molecule has 0 aliphatic heterocycles. The smallest absolute Gasteiger partial charge is 0.240 e. The Morgan fingerprint density at radius 2 is 2.06 bits per heavy atom. The first-order valence-electron chi connectivity index (χ1n) is 6.27. The van der Waals surface area contributed by atoms with E-state index in [1.165, 1.54) is 0 Å². The lowest BCUT2D eigenvalue weighted by atomic mass is 10.1. The highest BCUT2D eigenvalue weighted by molar-refractivity contribution is 7.89. The minimum absolute atomic E-state index is 0.399. The first-order valence-corrected chi connectivity index (χ1v) is 7.75. The number of hydrogen-bond acceptors (Lipinski definition) is 3. The zero-order valence-corrected chi connectivity index (χ0v) is 11.7. The monoisotopic (exact) mass is 268 g/mol. The summed E-state index contributed by atoms with van der Waals surface area (Å²) in [6.07, 6.45) is 2.28. The molecule has 2 rings (SSSR count). The Morgan fingerprint density at radius 1 is 1.33 bits per heavy atom. The van der Waals surface area contributed by atoms with Crippen molar-refractivity contribution in [2.75, 3.05) is 13.6 Å². The van der Waals surface area contributed by atoms with Crippen LogP contribution in [0.5, 0.6) is 0 Å². The Labute approximate surface area is 109 Å². The summed E-state index contributed by atoms with van der Waals surface area (Å²) < 4.78 is 27.1. The third kappa shape index (κ3) is 3.31. The molecule has 1 saturated carbocycles. The van der Waals surface area contributed by atoms with E-state index in [1.54, 1.807) is 6.07 Å². The van der Waals surface area contributed by atoms with Crippen LogP contribution in [0.2, 0.25) is 0 Å². The van der Waals surface area contributed by atoms with Gasteiger partial charge in [0.2, 0.25) is 10.0 Å². The van der Waals surface area contributed by atoms with Crippen LogP contribution in [0.1, 0.15) is 24.0 Å². The molecule has 0 bridgehead atoms. The molecular formula is C13H20N2O2S. The van der Waals surface area contributed by atoms with Crippen LogP contribution < -0.4 is 10.0 Å². The van der Waals surface area contributed by atoms with Crippen molar-refractivity contribution in [3.63, 3.8) is 0 Å². The van der Waals surface area contributed by atoms with Crippen LogP contribution in [0.3, 0.4) is 0 Å². The minimum atomic E-state index is -3.36. The van der Waals surface area contributed by atoms with E-state index in [0.29, 0.717) is 23.9 Å². The molecule has 100 valence electrons. The van der Waals surface area contributed by atoms with E-state index in [9.17, 15) is 8.42 Å². The maximum atomic E-state index is 12.2. The van der Waals surface area contributed by atoms with E-state index in [2.05, 4.69) is 10.0 Å². The first kappa shape index (κ1) is 13.5. The van der Waals surface area contributed by atoms with Gasteiger partial charge in [0.1, 0.15) is 0 Å². The van der Waals surface area contributed by atoms with Gasteiger partial charge in [-0.3, -0.25) is 0 Å². The number of hydrogen-bond donors (Lipinski definition) is 2. The quantitative estimate of drug-likeness (QED) is 0.820. The summed E-state index contributed by atoms with van der Waals surface area (Å²) in [5.41, 5.74) is 1.77. The van der Waals surface area contributed by atoms with Crippen LogP contribution in [0.15, 0.2) is 23.1 Å². The zero-order chi connectivity index (χ0) is 13.2. The molecule has 1 fully saturated rings. The molecule has 2 N–H and O–H groups in total. The molecule has 0 spiro atoms. The minimum Gasteiger partial charge on any atom is -0.316 e. The van der Waals surface area contributed by atoms with Crippen molar-refractivity contribution in [2.24, 2.45) is 5.92 Å². The van der Waals surface area contributed by atoms with E-state index in [-0.39, 0.29) is 0 Å². The molecule has 0 unspecified atom stereocenters. The largest absolute Gasteiger partial charge is 0.316 e. The predicted molar refractivity (Wildman–Crippen MR) is 71.9 cm³/mol. The second-order valence-electron chi connectivity index (χ2n) is 4.93. The molecule has 0 saturated heterocycles. The third-order valence-electron chi connectivity index (χ3n) is 3.18. The summed E-state index contributed by atoms with van der Waals surface area (Å²) in [5.74, 6) is 0.542. The van der Waals surface area contributed by atoms with Gasteiger partial charge < -0.3 is 5.32 Å². The van der Waals surface area contributed by atoms with E-state index < -0.39 is 10.0 Å². The van der Waals surface area contributed by atoms with Crippen molar-refractivity contribution < 1.29 is 8.42 Å². The van der Waals surface area contributed by atoms with E-state index in [4.69, 9.17) is 0 Å². The molecule has 0 aromatic heterocycles. The lowest BCUT2D eigenvalue weighted by Crippen LogP contribution is -2.26. The van der Waals surface area contributed by atoms with Gasteiger partial charge in [-0.25, -0.2) is 13.1 Å². The van der Waals surface area contributed by atoms with Gasteiger partial charge >= 0.3 is 0 Å². The first-order chi connectivity index (χ1) is 8.53. The van der Waals surface area contributed by atoms with Crippen LogP contribution in [-0.4, -0.2) is 22.0 Å². The molecule has 0 radical (unpaired) electrons. The predicted octanol–water partition coefficient (Wildman–Crippen LogP) is 1.40. The fourth-order valence-corrected chi connectivity index (χ4v) is 3.28. The molecular weight excluding hydrogens is 248 g/mol. The lowest BCUT2D eigenvalue weighted by molar-refractivity contribution is 0.576. The second kappa shape index (κ2) is 5.38. The average Bonchev–Trinajstić information content (AvgIpc) is 3.13. The van der Waals surface area contributed by atoms with Gasteiger partial charge in [-0.2, -0.15) is 0 Å². The third-order valence-corrected chi connectivity index (χ3v) is 4.75. The highest BCUT2D eigenvalue weighted by Crippen LogP contribution is 2.28. The SMILES string of the molecule is CNCc1ccc(C)c(S(=O)(=O)NCC2CC2)c1. The molecule has 5 heteroatoms. The standard InChI is InChI=1S/C13H20N2O2S/c1-10-3-4-12(8-14-2)7-13(10)18(16,17)15-9-11-5-6-11/h3-4,7,11,14-15H,5-6,8-9H2,1-2H3. The zero-order valence-electron chi connectivity index (χ0n) is 10.9. The highest BCUT2D eigenvalue weighted by atomic mass is 32.2. The number of aryl methyl sites for hydroxylation is 1. The lowest BCUT2D eigenvalue weighted by Gasteiger charge is -2.11. The van der Waals surface area contributed by atoms with Gasteiger partial charge in [0.05, 0.1) is 4.90 Å². The second-order valence-corrected chi connectivity index (χ2v) is 6.66. The Kier molecular flexibility index (Phi) is 4.04. The van der Waals surface area contributed by atoms with Crippen LogP contribution in [-0.2, 0) is 16.6 Å². The van der Waals surface area contributed by atoms with Crippen LogP contribution >= 0.6 is 0 Å². The summed E-state index contributed by atoms with van der Waals surface area (Å²) in [4.78, 5) is 0.399. The van der Waals surface area contributed by atoms with Gasteiger partial charge in [-0.15, -0.1) is 0 Å². The molecule has 1 aliphatic carbocycles. The fourth-order valence-electron chi connectivity index (χ4n) is 1.88. The molecule has 1 aromatic rings. The summed E-state index contributed by atoms with van der Waals surface area (Å²) >= 11 is 0. The Morgan fingerprint density at radius 3 is 2.67 bits per heavy atom. The van der Waals surface area contributed by atoms with Crippen molar-refractivity contribution in [3.05, 3.63) is 29.3 Å². The van der Waals surface area contributed by atoms with Gasteiger partial charge in [0, 0.05) is 13.1 Å². The van der Waals surface area contributed by atoms with E-state index in [1.807, 2.05) is 26.1 Å². The van der Waals surface area contributed by atoms with Crippen LogP contribution in [0, 0.1) is 12.8 Å². The summed E-state index contributed by atoms with van der Waals surface area (Å²) in [7, 11) is -1.52. The highest BCUT2D eigenvalue weighted by Gasteiger charge is 2.25. The van der Waals surface area contributed by atoms with Crippen molar-refractivity contribution >= 4 is 10.0 Å². The average molecular weight is 268 g/mol. The Bertz CT molecular complexity index is 522. The Balaban J connectivity index is 2.20. The number of sulfonamides is 1. The van der Waals surface area contributed by atoms with Crippen LogP contribution in [0.4, 0.5) is 0 Å². The number of nitrogens with one attached hydrogen (secondary N) is 2. The van der Waals surface area contributed by atoms with Crippen molar-refractivity contribution in [3.8, 4) is 0 Å². The molecule has 1 aliphatic rings. The topological polar surface area (TPSA) is 58.2 Å². The van der Waals surface area contributed by atoms with Crippen molar-refractivity contribution in [1.29, 1.82) is 0 Å². The molecule has 18 heavy (non-hydrogen) atoms.